The van der Waals surface area contributed by atoms with Crippen LogP contribution in [0.5, 0.6) is 0 Å². The number of likely N-dealkylation sites (tertiary alicyclic amines) is 1. The van der Waals surface area contributed by atoms with E-state index in [-0.39, 0.29) is 11.9 Å². The van der Waals surface area contributed by atoms with Gasteiger partial charge in [-0.05, 0) is 43.5 Å². The van der Waals surface area contributed by atoms with E-state index in [4.69, 9.17) is 0 Å². The molecule has 1 saturated carbocycles. The molecule has 1 aliphatic carbocycles. The van der Waals surface area contributed by atoms with E-state index in [0.29, 0.717) is 12.5 Å². The van der Waals surface area contributed by atoms with Crippen LogP contribution in [0.1, 0.15) is 47.3 Å². The smallest absolute Gasteiger partial charge is 0.253 e. The van der Waals surface area contributed by atoms with Crippen LogP contribution in [-0.4, -0.2) is 53.0 Å². The molecule has 0 N–H and O–H groups in total. The first-order valence-corrected chi connectivity index (χ1v) is 8.60. The Morgan fingerprint density at radius 2 is 1.92 bits per heavy atom. The summed E-state index contributed by atoms with van der Waals surface area (Å²) in [5, 5.41) is 8.56. The zero-order valence-electron chi connectivity index (χ0n) is 14.2. The summed E-state index contributed by atoms with van der Waals surface area (Å²) in [7, 11) is 3.99. The van der Waals surface area contributed by atoms with E-state index in [1.54, 1.807) is 0 Å². The largest absolute Gasteiger partial charge is 0.378 e. The van der Waals surface area contributed by atoms with Crippen LogP contribution in [0, 0.1) is 0 Å². The zero-order valence-corrected chi connectivity index (χ0v) is 14.2. The molecule has 1 saturated heterocycles. The maximum Gasteiger partial charge on any atom is 0.253 e. The molecule has 1 aromatic carbocycles. The van der Waals surface area contributed by atoms with Gasteiger partial charge >= 0.3 is 0 Å². The average Bonchev–Trinajstić information content (AvgIpc) is 3.13. The van der Waals surface area contributed by atoms with Crippen LogP contribution >= 0.6 is 0 Å². The molecular weight excluding hydrogens is 302 g/mol. The van der Waals surface area contributed by atoms with Gasteiger partial charge in [0.1, 0.15) is 0 Å². The summed E-state index contributed by atoms with van der Waals surface area (Å²) in [4.78, 5) is 16.6. The van der Waals surface area contributed by atoms with Crippen LogP contribution in [0.2, 0.25) is 0 Å². The maximum absolute atomic E-state index is 12.7. The highest BCUT2D eigenvalue weighted by molar-refractivity contribution is 5.94. The third-order valence-electron chi connectivity index (χ3n) is 4.98. The minimum atomic E-state index is 0.102. The van der Waals surface area contributed by atoms with Crippen molar-refractivity contribution < 1.29 is 4.79 Å². The Morgan fingerprint density at radius 3 is 2.58 bits per heavy atom. The average molecular weight is 325 g/mol. The van der Waals surface area contributed by atoms with Gasteiger partial charge in [0.25, 0.3) is 5.91 Å². The molecule has 126 valence electrons. The third-order valence-corrected chi connectivity index (χ3v) is 4.98. The maximum atomic E-state index is 12.7. The lowest BCUT2D eigenvalue weighted by molar-refractivity contribution is 0.0787. The molecule has 2 fully saturated rings. The fourth-order valence-corrected chi connectivity index (χ4v) is 3.26. The molecule has 2 aliphatic rings. The number of carbonyl (C=O) groups excluding carboxylic acids is 1. The lowest BCUT2D eigenvalue weighted by Gasteiger charge is -2.18. The number of aromatic nitrogens is 3. The molecular formula is C18H23N5O. The van der Waals surface area contributed by atoms with Gasteiger partial charge in [0, 0.05) is 50.6 Å². The second-order valence-electron chi connectivity index (χ2n) is 7.03. The number of benzene rings is 1. The van der Waals surface area contributed by atoms with Crippen LogP contribution in [0.4, 0.5) is 5.69 Å². The molecule has 1 amide bonds. The molecule has 24 heavy (non-hydrogen) atoms. The number of hydrogen-bond acceptors (Lipinski definition) is 4. The van der Waals surface area contributed by atoms with Gasteiger partial charge in [-0.15, -0.1) is 5.10 Å². The predicted molar refractivity (Wildman–Crippen MR) is 92.3 cm³/mol. The molecule has 0 spiro atoms. The topological polar surface area (TPSA) is 54.3 Å². The molecule has 4 rings (SSSR count). The van der Waals surface area contributed by atoms with Crippen LogP contribution < -0.4 is 4.90 Å². The van der Waals surface area contributed by atoms with Crippen LogP contribution in [0.15, 0.2) is 30.5 Å². The summed E-state index contributed by atoms with van der Waals surface area (Å²) < 4.78 is 1.95. The van der Waals surface area contributed by atoms with Crippen LogP contribution in [0.3, 0.4) is 0 Å². The molecule has 2 heterocycles. The van der Waals surface area contributed by atoms with E-state index in [1.165, 1.54) is 12.8 Å². The van der Waals surface area contributed by atoms with Crippen molar-refractivity contribution >= 4 is 11.6 Å². The first-order valence-electron chi connectivity index (χ1n) is 8.60. The van der Waals surface area contributed by atoms with E-state index in [1.807, 2.05) is 52.8 Å². The Kier molecular flexibility index (Phi) is 3.75. The standard InChI is InChI=1S/C18H23N5O/c1-21(2)15-7-5-14(6-8-15)18(24)22-10-9-16(11-22)23-12-17(19-20-23)13-3-4-13/h5-8,12-13,16H,3-4,9-11H2,1-2H3. The molecule has 1 aliphatic heterocycles. The lowest BCUT2D eigenvalue weighted by atomic mass is 10.2. The normalized spacial score (nSPS) is 20.4. The van der Waals surface area contributed by atoms with Crippen molar-refractivity contribution in [2.45, 2.75) is 31.2 Å². The summed E-state index contributed by atoms with van der Waals surface area (Å²) in [6.45, 7) is 1.49. The first-order chi connectivity index (χ1) is 11.6. The number of nitrogens with zero attached hydrogens (tertiary/aromatic N) is 5. The summed E-state index contributed by atoms with van der Waals surface area (Å²) in [5.74, 6) is 0.721. The summed E-state index contributed by atoms with van der Waals surface area (Å²) in [6.07, 6.45) is 5.48. The summed E-state index contributed by atoms with van der Waals surface area (Å²) in [5.41, 5.74) is 2.96. The van der Waals surface area contributed by atoms with Gasteiger partial charge in [0.05, 0.1) is 11.7 Å². The zero-order chi connectivity index (χ0) is 16.7. The van der Waals surface area contributed by atoms with E-state index < -0.39 is 0 Å². The highest BCUT2D eigenvalue weighted by Crippen LogP contribution is 2.39. The van der Waals surface area contributed by atoms with Crippen molar-refractivity contribution in [1.82, 2.24) is 19.9 Å². The van der Waals surface area contributed by atoms with Crippen molar-refractivity contribution in [2.24, 2.45) is 0 Å². The minimum Gasteiger partial charge on any atom is -0.378 e. The Labute approximate surface area is 142 Å². The number of carbonyl (C=O) groups is 1. The summed E-state index contributed by atoms with van der Waals surface area (Å²) in [6, 6.07) is 8.03. The number of hydrogen-bond donors (Lipinski definition) is 0. The second-order valence-corrected chi connectivity index (χ2v) is 7.03. The monoisotopic (exact) mass is 325 g/mol. The number of amides is 1. The Morgan fingerprint density at radius 1 is 1.17 bits per heavy atom. The van der Waals surface area contributed by atoms with Gasteiger partial charge in [-0.25, -0.2) is 4.68 Å². The van der Waals surface area contributed by atoms with Crippen molar-refractivity contribution in [3.63, 3.8) is 0 Å². The highest BCUT2D eigenvalue weighted by atomic mass is 16.2. The molecule has 6 heteroatoms. The van der Waals surface area contributed by atoms with Crippen molar-refractivity contribution in [1.29, 1.82) is 0 Å². The van der Waals surface area contributed by atoms with E-state index in [0.717, 1.165) is 29.9 Å². The summed E-state index contributed by atoms with van der Waals surface area (Å²) >= 11 is 0. The molecule has 1 unspecified atom stereocenters. The Bertz CT molecular complexity index is 732. The molecule has 1 aromatic heterocycles. The number of anilines is 1. The van der Waals surface area contributed by atoms with E-state index in [2.05, 4.69) is 16.5 Å². The van der Waals surface area contributed by atoms with Gasteiger partial charge in [-0.1, -0.05) is 5.21 Å². The quantitative estimate of drug-likeness (QED) is 0.865. The molecule has 6 nitrogen and oxygen atoms in total. The lowest BCUT2D eigenvalue weighted by Crippen LogP contribution is -2.29. The van der Waals surface area contributed by atoms with Crippen molar-refractivity contribution in [3.05, 3.63) is 41.7 Å². The third kappa shape index (κ3) is 2.88. The van der Waals surface area contributed by atoms with Crippen molar-refractivity contribution in [3.8, 4) is 0 Å². The van der Waals surface area contributed by atoms with Crippen LogP contribution in [0.25, 0.3) is 0 Å². The first kappa shape index (κ1) is 15.2. The van der Waals surface area contributed by atoms with Gasteiger partial charge in [-0.2, -0.15) is 0 Å². The fraction of sp³-hybridized carbons (Fsp3) is 0.500. The molecule has 0 radical (unpaired) electrons. The highest BCUT2D eigenvalue weighted by Gasteiger charge is 2.31. The van der Waals surface area contributed by atoms with Gasteiger partial charge in [0.15, 0.2) is 0 Å². The minimum absolute atomic E-state index is 0.102. The Balaban J connectivity index is 1.42. The van der Waals surface area contributed by atoms with E-state index >= 15 is 0 Å². The number of rotatable bonds is 4. The SMILES string of the molecule is CN(C)c1ccc(C(=O)N2CCC(n3cc(C4CC4)nn3)C2)cc1. The van der Waals surface area contributed by atoms with Gasteiger partial charge in [0.2, 0.25) is 0 Å². The van der Waals surface area contributed by atoms with E-state index in [9.17, 15) is 4.79 Å². The van der Waals surface area contributed by atoms with Crippen LogP contribution in [-0.2, 0) is 0 Å². The molecule has 0 bridgehead atoms. The van der Waals surface area contributed by atoms with Gasteiger partial charge in [-0.3, -0.25) is 4.79 Å². The second kappa shape index (κ2) is 5.92. The van der Waals surface area contributed by atoms with Crippen molar-refractivity contribution in [2.75, 3.05) is 32.1 Å². The molecule has 2 aromatic rings. The molecule has 1 atom stereocenters. The Hall–Kier alpha value is -2.37. The fourth-order valence-electron chi connectivity index (χ4n) is 3.26. The predicted octanol–water partition coefficient (Wildman–Crippen LogP) is 2.31. The van der Waals surface area contributed by atoms with Gasteiger partial charge < -0.3 is 9.80 Å².